The van der Waals surface area contributed by atoms with Gasteiger partial charge in [-0.2, -0.15) is 0 Å². The molecule has 2 aromatic carbocycles. The zero-order chi connectivity index (χ0) is 20.8. The van der Waals surface area contributed by atoms with Crippen molar-refractivity contribution in [3.8, 4) is 0 Å². The molecule has 2 N–H and O–H groups in total. The molecule has 3 amide bonds. The molecular formula is C20H18BrN3O5. The Morgan fingerprint density at radius 2 is 1.76 bits per heavy atom. The summed E-state index contributed by atoms with van der Waals surface area (Å²) in [6.45, 7) is -0.468. The lowest BCUT2D eigenvalue weighted by molar-refractivity contribution is -0.151. The topological polar surface area (TPSA) is 105 Å². The van der Waals surface area contributed by atoms with Crippen LogP contribution in [0.2, 0.25) is 0 Å². The Morgan fingerprint density at radius 3 is 2.45 bits per heavy atom. The first-order valence-electron chi connectivity index (χ1n) is 8.81. The summed E-state index contributed by atoms with van der Waals surface area (Å²) in [5.74, 6) is -2.75. The number of benzene rings is 2. The van der Waals surface area contributed by atoms with Crippen LogP contribution in [0.1, 0.15) is 16.8 Å². The predicted octanol–water partition coefficient (Wildman–Crippen LogP) is 2.12. The van der Waals surface area contributed by atoms with Gasteiger partial charge in [0.2, 0.25) is 5.91 Å². The number of hydrogen-bond acceptors (Lipinski definition) is 5. The minimum absolute atomic E-state index is 0.0137. The third-order valence-electron chi connectivity index (χ3n) is 4.20. The summed E-state index contributed by atoms with van der Waals surface area (Å²) in [4.78, 5) is 48.4. The minimum atomic E-state index is -0.753. The number of rotatable bonds is 6. The quantitative estimate of drug-likeness (QED) is 0.643. The Bertz CT molecular complexity index is 917. The van der Waals surface area contributed by atoms with E-state index in [-0.39, 0.29) is 13.0 Å². The van der Waals surface area contributed by atoms with Gasteiger partial charge in [-0.3, -0.25) is 29.6 Å². The Balaban J connectivity index is 1.47. The highest BCUT2D eigenvalue weighted by Crippen LogP contribution is 2.18. The van der Waals surface area contributed by atoms with Crippen LogP contribution in [-0.4, -0.2) is 41.9 Å². The molecule has 0 aromatic heterocycles. The van der Waals surface area contributed by atoms with Gasteiger partial charge in [0.05, 0.1) is 12.5 Å². The van der Waals surface area contributed by atoms with Gasteiger partial charge in [0.15, 0.2) is 6.61 Å². The molecule has 9 heteroatoms. The highest BCUT2D eigenvalue weighted by molar-refractivity contribution is 9.10. The smallest absolute Gasteiger partial charge is 0.311 e. The highest BCUT2D eigenvalue weighted by atomic mass is 79.9. The van der Waals surface area contributed by atoms with E-state index in [1.54, 1.807) is 48.5 Å². The molecule has 1 saturated heterocycles. The maximum absolute atomic E-state index is 12.2. The second-order valence-electron chi connectivity index (χ2n) is 6.38. The number of amides is 3. The largest absolute Gasteiger partial charge is 0.455 e. The van der Waals surface area contributed by atoms with Gasteiger partial charge in [-0.25, -0.2) is 0 Å². The van der Waals surface area contributed by atoms with E-state index in [0.29, 0.717) is 11.3 Å². The van der Waals surface area contributed by atoms with E-state index < -0.39 is 36.2 Å². The first-order chi connectivity index (χ1) is 13.9. The number of hydrazine groups is 1. The minimum Gasteiger partial charge on any atom is -0.455 e. The summed E-state index contributed by atoms with van der Waals surface area (Å²) in [7, 11) is 0. The average molecular weight is 460 g/mol. The number of nitrogens with zero attached hydrogens (tertiary/aromatic N) is 1. The molecule has 3 rings (SSSR count). The zero-order valence-corrected chi connectivity index (χ0v) is 16.8. The van der Waals surface area contributed by atoms with E-state index in [4.69, 9.17) is 4.74 Å². The zero-order valence-electron chi connectivity index (χ0n) is 15.3. The lowest BCUT2D eigenvalue weighted by Crippen LogP contribution is -2.43. The maximum Gasteiger partial charge on any atom is 0.311 e. The van der Waals surface area contributed by atoms with E-state index in [9.17, 15) is 19.2 Å². The van der Waals surface area contributed by atoms with Crippen molar-refractivity contribution in [3.05, 3.63) is 64.6 Å². The maximum atomic E-state index is 12.2. The third kappa shape index (κ3) is 5.64. The van der Waals surface area contributed by atoms with Crippen LogP contribution in [0.3, 0.4) is 0 Å². The molecule has 29 heavy (non-hydrogen) atoms. The van der Waals surface area contributed by atoms with Crippen LogP contribution in [0.25, 0.3) is 0 Å². The molecule has 0 saturated carbocycles. The Labute approximate surface area is 175 Å². The number of esters is 1. The van der Waals surface area contributed by atoms with Gasteiger partial charge in [0.25, 0.3) is 11.8 Å². The van der Waals surface area contributed by atoms with Gasteiger partial charge in [-0.05, 0) is 36.4 Å². The monoisotopic (exact) mass is 459 g/mol. The van der Waals surface area contributed by atoms with Gasteiger partial charge < -0.3 is 10.1 Å². The fourth-order valence-electron chi connectivity index (χ4n) is 2.74. The second-order valence-corrected chi connectivity index (χ2v) is 7.29. The SMILES string of the molecule is O=C(COC(=O)[C@H]1CC(=O)N(NC(=O)c2ccc(Br)cc2)C1)Nc1ccccc1. The average Bonchev–Trinajstić information content (AvgIpc) is 3.08. The lowest BCUT2D eigenvalue weighted by Gasteiger charge is -2.17. The number of ether oxygens (including phenoxy) is 1. The van der Waals surface area contributed by atoms with Crippen molar-refractivity contribution in [1.82, 2.24) is 10.4 Å². The number of hydrogen-bond donors (Lipinski definition) is 2. The summed E-state index contributed by atoms with van der Waals surface area (Å²) >= 11 is 3.28. The van der Waals surface area contributed by atoms with Crippen molar-refractivity contribution in [2.75, 3.05) is 18.5 Å². The van der Waals surface area contributed by atoms with E-state index in [2.05, 4.69) is 26.7 Å². The number of carbonyl (C=O) groups excluding carboxylic acids is 4. The summed E-state index contributed by atoms with van der Waals surface area (Å²) < 4.78 is 5.84. The number of anilines is 1. The second kappa shape index (κ2) is 9.33. The van der Waals surface area contributed by atoms with Crippen LogP contribution in [0.15, 0.2) is 59.1 Å². The molecule has 0 radical (unpaired) electrons. The first kappa shape index (κ1) is 20.5. The molecule has 1 aliphatic rings. The van der Waals surface area contributed by atoms with Crippen LogP contribution >= 0.6 is 15.9 Å². The molecule has 0 unspecified atom stereocenters. The van der Waals surface area contributed by atoms with Crippen LogP contribution in [0, 0.1) is 5.92 Å². The first-order valence-corrected chi connectivity index (χ1v) is 9.60. The van der Waals surface area contributed by atoms with Gasteiger partial charge in [0, 0.05) is 22.1 Å². The number of carbonyl (C=O) groups is 4. The Hall–Kier alpha value is -3.20. The standard InChI is InChI=1S/C20H18BrN3O5/c21-15-8-6-13(7-9-15)19(27)23-24-11-14(10-18(24)26)20(28)29-12-17(25)22-16-4-2-1-3-5-16/h1-9,14H,10-12H2,(H,22,25)(H,23,27)/t14-/m0/s1. The summed E-state index contributed by atoms with van der Waals surface area (Å²) in [5.41, 5.74) is 3.46. The van der Waals surface area contributed by atoms with Crippen molar-refractivity contribution in [1.29, 1.82) is 0 Å². The molecule has 150 valence electrons. The molecule has 0 bridgehead atoms. The molecule has 0 aliphatic carbocycles. The van der Waals surface area contributed by atoms with E-state index in [1.165, 1.54) is 0 Å². The molecule has 0 spiro atoms. The molecule has 1 heterocycles. The van der Waals surface area contributed by atoms with Crippen molar-refractivity contribution in [2.24, 2.45) is 5.92 Å². The summed E-state index contributed by atoms with van der Waals surface area (Å²) in [5, 5.41) is 3.70. The molecule has 1 aliphatic heterocycles. The number of para-hydroxylation sites is 1. The van der Waals surface area contributed by atoms with Crippen LogP contribution in [0.4, 0.5) is 5.69 Å². The summed E-state index contributed by atoms with van der Waals surface area (Å²) in [6, 6.07) is 15.4. The Morgan fingerprint density at radius 1 is 1.07 bits per heavy atom. The van der Waals surface area contributed by atoms with Gasteiger partial charge in [-0.15, -0.1) is 0 Å². The number of nitrogens with one attached hydrogen (secondary N) is 2. The van der Waals surface area contributed by atoms with E-state index >= 15 is 0 Å². The van der Waals surface area contributed by atoms with Crippen molar-refractivity contribution >= 4 is 45.3 Å². The van der Waals surface area contributed by atoms with E-state index in [0.717, 1.165) is 9.48 Å². The molecule has 2 aromatic rings. The van der Waals surface area contributed by atoms with Crippen molar-refractivity contribution in [3.63, 3.8) is 0 Å². The number of halogens is 1. The van der Waals surface area contributed by atoms with Crippen LogP contribution in [0.5, 0.6) is 0 Å². The van der Waals surface area contributed by atoms with Crippen LogP contribution < -0.4 is 10.7 Å². The normalized spacial score (nSPS) is 15.7. The van der Waals surface area contributed by atoms with E-state index in [1.807, 2.05) is 6.07 Å². The van der Waals surface area contributed by atoms with Crippen molar-refractivity contribution in [2.45, 2.75) is 6.42 Å². The molecule has 1 fully saturated rings. The molecule has 1 atom stereocenters. The lowest BCUT2D eigenvalue weighted by atomic mass is 10.1. The van der Waals surface area contributed by atoms with Gasteiger partial charge in [0.1, 0.15) is 0 Å². The van der Waals surface area contributed by atoms with Crippen LogP contribution in [-0.2, 0) is 19.1 Å². The van der Waals surface area contributed by atoms with Gasteiger partial charge in [-0.1, -0.05) is 34.1 Å². The third-order valence-corrected chi connectivity index (χ3v) is 4.73. The van der Waals surface area contributed by atoms with Gasteiger partial charge >= 0.3 is 5.97 Å². The Kier molecular flexibility index (Phi) is 6.61. The highest BCUT2D eigenvalue weighted by Gasteiger charge is 2.36. The van der Waals surface area contributed by atoms with Crippen molar-refractivity contribution < 1.29 is 23.9 Å². The summed E-state index contributed by atoms with van der Waals surface area (Å²) in [6.07, 6.45) is -0.0975. The molecular weight excluding hydrogens is 442 g/mol. The fraction of sp³-hybridized carbons (Fsp3) is 0.200. The predicted molar refractivity (Wildman–Crippen MR) is 107 cm³/mol. The molecule has 8 nitrogen and oxygen atoms in total. The fourth-order valence-corrected chi connectivity index (χ4v) is 3.00.